The molecule has 1 aromatic rings. The molecule has 1 rings (SSSR count). The Morgan fingerprint density at radius 3 is 1.89 bits per heavy atom. The molecule has 0 N–H and O–H groups in total. The first kappa shape index (κ1) is 16.3. The van der Waals surface area contributed by atoms with Crippen molar-refractivity contribution in [3.8, 4) is 0 Å². The molecule has 0 spiro atoms. The van der Waals surface area contributed by atoms with Crippen molar-refractivity contribution in [1.29, 1.82) is 0 Å². The van der Waals surface area contributed by atoms with Crippen LogP contribution in [0, 0.1) is 5.82 Å². The molecule has 0 atom stereocenters. The lowest BCUT2D eigenvalue weighted by molar-refractivity contribution is 0.472. The summed E-state index contributed by atoms with van der Waals surface area (Å²) in [6.45, 7) is 0. The van der Waals surface area contributed by atoms with Gasteiger partial charge in [0.05, 0.1) is 0 Å². The van der Waals surface area contributed by atoms with Crippen LogP contribution in [-0.4, -0.2) is 56.3 Å². The smallest absolute Gasteiger partial charge is 0.207 e. The molecule has 5 heteroatoms. The van der Waals surface area contributed by atoms with Crippen LogP contribution in [0.2, 0.25) is 0 Å². The van der Waals surface area contributed by atoms with Gasteiger partial charge >= 0.3 is 0 Å². The zero-order valence-corrected chi connectivity index (χ0v) is 13.5. The first-order valence-electron chi connectivity index (χ1n) is 6.17. The second-order valence-corrected chi connectivity index (χ2v) is 8.95. The first-order valence-corrected chi connectivity index (χ1v) is 7.89. The highest BCUT2D eigenvalue weighted by Gasteiger charge is 2.45. The minimum atomic E-state index is -1.70. The average Bonchev–Trinajstić information content (AvgIpc) is 2.28. The van der Waals surface area contributed by atoms with Crippen molar-refractivity contribution in [3.05, 3.63) is 41.5 Å². The van der Waals surface area contributed by atoms with Crippen LogP contribution in [0.3, 0.4) is 0 Å². The zero-order chi connectivity index (χ0) is 14.6. The zero-order valence-electron chi connectivity index (χ0n) is 12.6. The Kier molecular flexibility index (Phi) is 5.63. The van der Waals surface area contributed by atoms with Crippen LogP contribution in [0.25, 0.3) is 6.08 Å². The molecule has 0 aliphatic carbocycles. The summed E-state index contributed by atoms with van der Waals surface area (Å²) in [5.74, 6) is 1.98. The lowest BCUT2D eigenvalue weighted by Gasteiger charge is -2.37. The van der Waals surface area contributed by atoms with E-state index in [-0.39, 0.29) is 5.82 Å². The Bertz CT molecular complexity index is 422. The van der Waals surface area contributed by atoms with E-state index >= 15 is 0 Å². The van der Waals surface area contributed by atoms with E-state index in [1.165, 1.54) is 6.07 Å². The van der Waals surface area contributed by atoms with Crippen molar-refractivity contribution in [3.63, 3.8) is 0 Å². The molecule has 19 heavy (non-hydrogen) atoms. The molecule has 0 radical (unpaired) electrons. The maximum absolute atomic E-state index is 13.2. The van der Waals surface area contributed by atoms with E-state index in [0.29, 0.717) is 0 Å². The van der Waals surface area contributed by atoms with Gasteiger partial charge in [0.25, 0.3) is 7.71 Å². The van der Waals surface area contributed by atoms with Gasteiger partial charge in [0, 0.05) is 42.3 Å². The van der Waals surface area contributed by atoms with E-state index in [1.54, 1.807) is 12.1 Å². The van der Waals surface area contributed by atoms with E-state index in [2.05, 4.69) is 62.1 Å². The van der Waals surface area contributed by atoms with E-state index in [0.717, 1.165) is 5.56 Å². The first-order chi connectivity index (χ1) is 8.80. The number of hydrogen-bond acceptors (Lipinski definition) is 3. The van der Waals surface area contributed by atoms with Crippen LogP contribution in [-0.2, 0) is 0 Å². The topological polar surface area (TPSA) is 9.72 Å². The fourth-order valence-electron chi connectivity index (χ4n) is 2.27. The van der Waals surface area contributed by atoms with Crippen LogP contribution in [0.5, 0.6) is 0 Å². The monoisotopic (exact) mass is 284 g/mol. The quantitative estimate of drug-likeness (QED) is 0.769. The highest BCUT2D eigenvalue weighted by atomic mass is 31.2. The molecule has 1 aromatic carbocycles. The average molecular weight is 284 g/mol. The Morgan fingerprint density at radius 1 is 0.947 bits per heavy atom. The predicted octanol–water partition coefficient (Wildman–Crippen LogP) is 3.24. The molecular weight excluding hydrogens is 260 g/mol. The molecule has 0 saturated heterocycles. The van der Waals surface area contributed by atoms with Gasteiger partial charge in [-0.3, -0.25) is 0 Å². The molecular formula is C14H24FN3P+. The molecule has 0 bridgehead atoms. The van der Waals surface area contributed by atoms with Gasteiger partial charge < -0.3 is 0 Å². The Balaban J connectivity index is 3.14. The third-order valence-corrected chi connectivity index (χ3v) is 7.16. The summed E-state index contributed by atoms with van der Waals surface area (Å²) < 4.78 is 19.9. The van der Waals surface area contributed by atoms with Crippen molar-refractivity contribution in [1.82, 2.24) is 14.0 Å². The van der Waals surface area contributed by atoms with Crippen molar-refractivity contribution < 1.29 is 4.39 Å². The molecule has 106 valence electrons. The lowest BCUT2D eigenvalue weighted by Crippen LogP contribution is -2.34. The maximum atomic E-state index is 13.2. The lowest BCUT2D eigenvalue weighted by atomic mass is 10.2. The van der Waals surface area contributed by atoms with E-state index < -0.39 is 7.71 Å². The number of nitrogens with zero attached hydrogens (tertiary/aromatic N) is 3. The van der Waals surface area contributed by atoms with Crippen molar-refractivity contribution in [2.24, 2.45) is 0 Å². The SMILES string of the molecule is CN(C)[P+](/C=C/c1cccc(F)c1)(N(C)C)N(C)C. The van der Waals surface area contributed by atoms with E-state index in [1.807, 2.05) is 12.1 Å². The van der Waals surface area contributed by atoms with Gasteiger partial charge in [-0.25, -0.2) is 4.39 Å². The Hall–Kier alpha value is -0.800. The summed E-state index contributed by atoms with van der Waals surface area (Å²) in [4.78, 5) is 0. The Labute approximate surface area is 116 Å². The fraction of sp³-hybridized carbons (Fsp3) is 0.429. The highest BCUT2D eigenvalue weighted by Crippen LogP contribution is 2.65. The summed E-state index contributed by atoms with van der Waals surface area (Å²) in [6.07, 6.45) is 2.00. The van der Waals surface area contributed by atoms with Gasteiger partial charge in [0.15, 0.2) is 0 Å². The molecule has 3 nitrogen and oxygen atoms in total. The van der Waals surface area contributed by atoms with Crippen LogP contribution in [0.4, 0.5) is 4.39 Å². The van der Waals surface area contributed by atoms with Crippen LogP contribution >= 0.6 is 7.71 Å². The van der Waals surface area contributed by atoms with Gasteiger partial charge in [-0.2, -0.15) is 14.0 Å². The highest BCUT2D eigenvalue weighted by molar-refractivity contribution is 7.72. The van der Waals surface area contributed by atoms with Crippen LogP contribution in [0.15, 0.2) is 30.1 Å². The predicted molar refractivity (Wildman–Crippen MR) is 83.4 cm³/mol. The summed E-state index contributed by atoms with van der Waals surface area (Å²) in [6, 6.07) is 6.65. The second kappa shape index (κ2) is 6.58. The van der Waals surface area contributed by atoms with Crippen molar-refractivity contribution >= 4 is 13.8 Å². The van der Waals surface area contributed by atoms with Crippen molar-refractivity contribution in [2.75, 3.05) is 42.3 Å². The minimum Gasteiger partial charge on any atom is -0.207 e. The molecule has 0 unspecified atom stereocenters. The normalized spacial score (nSPS) is 13.2. The third-order valence-electron chi connectivity index (χ3n) is 3.08. The van der Waals surface area contributed by atoms with Crippen LogP contribution in [0.1, 0.15) is 5.56 Å². The number of benzene rings is 1. The Morgan fingerprint density at radius 2 is 1.47 bits per heavy atom. The molecule has 0 saturated carbocycles. The molecule has 0 amide bonds. The summed E-state index contributed by atoms with van der Waals surface area (Å²) in [5.41, 5.74) is 0.884. The molecule has 0 aliphatic rings. The fourth-order valence-corrected chi connectivity index (χ4v) is 5.59. The van der Waals surface area contributed by atoms with Gasteiger partial charge in [0.2, 0.25) is 0 Å². The molecule has 0 fully saturated rings. The summed E-state index contributed by atoms with van der Waals surface area (Å²) in [5, 5.41) is 0. The van der Waals surface area contributed by atoms with Gasteiger partial charge in [-0.05, 0) is 23.8 Å². The summed E-state index contributed by atoms with van der Waals surface area (Å²) >= 11 is 0. The maximum Gasteiger partial charge on any atom is 0.253 e. The number of halogens is 1. The number of rotatable bonds is 5. The molecule has 0 heterocycles. The van der Waals surface area contributed by atoms with Gasteiger partial charge in [-0.15, -0.1) is 0 Å². The molecule has 0 aliphatic heterocycles. The van der Waals surface area contributed by atoms with Crippen molar-refractivity contribution in [2.45, 2.75) is 0 Å². The van der Waals surface area contributed by atoms with Gasteiger partial charge in [-0.1, -0.05) is 12.1 Å². The molecule has 0 aromatic heterocycles. The van der Waals surface area contributed by atoms with Gasteiger partial charge in [0.1, 0.15) is 11.6 Å². The largest absolute Gasteiger partial charge is 0.253 e. The third kappa shape index (κ3) is 3.61. The van der Waals surface area contributed by atoms with Crippen LogP contribution < -0.4 is 0 Å². The van der Waals surface area contributed by atoms with E-state index in [9.17, 15) is 4.39 Å². The number of hydrogen-bond donors (Lipinski definition) is 0. The minimum absolute atomic E-state index is 0.203. The second-order valence-electron chi connectivity index (χ2n) is 5.03. The standard InChI is InChI=1S/C14H24FN3P/c1-16(2)19(17(3)4,18(5)6)11-10-13-8-7-9-14(15)12-13/h7-12H,1-6H3/q+1/b11-10+. The van der Waals surface area contributed by atoms with E-state index in [4.69, 9.17) is 0 Å². The summed E-state index contributed by atoms with van der Waals surface area (Å²) in [7, 11) is 10.7.